The number of nitrogens with zero attached hydrogens (tertiary/aromatic N) is 1. The lowest BCUT2D eigenvalue weighted by molar-refractivity contribution is -0.894. The van der Waals surface area contributed by atoms with E-state index in [9.17, 15) is 4.79 Å². The molecule has 24 heavy (non-hydrogen) atoms. The summed E-state index contributed by atoms with van der Waals surface area (Å²) in [5.74, 6) is 1.54. The Morgan fingerprint density at radius 1 is 1.17 bits per heavy atom. The van der Waals surface area contributed by atoms with Crippen LogP contribution in [0.5, 0.6) is 5.75 Å². The van der Waals surface area contributed by atoms with Crippen LogP contribution in [0.25, 0.3) is 10.9 Å². The number of hydrogen-bond donors (Lipinski definition) is 2. The zero-order chi connectivity index (χ0) is 16.9. The molecule has 0 aliphatic rings. The van der Waals surface area contributed by atoms with E-state index >= 15 is 0 Å². The normalized spacial score (nSPS) is 12.2. The number of benzene rings is 2. The quantitative estimate of drug-likeness (QED) is 0.676. The highest BCUT2D eigenvalue weighted by atomic mass is 79.9. The van der Waals surface area contributed by atoms with Crippen LogP contribution in [0.4, 0.5) is 0 Å². The number of hydrogen-bond acceptors (Lipinski definition) is 3. The first-order valence-corrected chi connectivity index (χ1v) is 8.59. The van der Waals surface area contributed by atoms with Gasteiger partial charge < -0.3 is 14.6 Å². The number of aromatic amines is 1. The lowest BCUT2D eigenvalue weighted by Crippen LogP contribution is -3.08. The second-order valence-electron chi connectivity index (χ2n) is 5.72. The molecule has 3 aromatic rings. The topological polar surface area (TPSA) is 59.4 Å². The van der Waals surface area contributed by atoms with Gasteiger partial charge in [-0.05, 0) is 36.4 Å². The molecule has 6 heteroatoms. The Kier molecular flexibility index (Phi) is 5.27. The molecule has 0 saturated carbocycles. The van der Waals surface area contributed by atoms with Gasteiger partial charge in [0.05, 0.1) is 18.0 Å². The monoisotopic (exact) mass is 388 g/mol. The molecule has 2 N–H and O–H groups in total. The van der Waals surface area contributed by atoms with E-state index in [4.69, 9.17) is 4.74 Å². The van der Waals surface area contributed by atoms with E-state index in [1.54, 1.807) is 6.07 Å². The first kappa shape index (κ1) is 16.7. The largest absolute Gasteiger partial charge is 0.488 e. The summed E-state index contributed by atoms with van der Waals surface area (Å²) in [7, 11) is 2.06. The predicted molar refractivity (Wildman–Crippen MR) is 97.5 cm³/mol. The minimum absolute atomic E-state index is 0.0884. The molecule has 0 bridgehead atoms. The van der Waals surface area contributed by atoms with Crippen molar-refractivity contribution < 1.29 is 9.64 Å². The molecule has 0 saturated heterocycles. The first-order valence-electron chi connectivity index (χ1n) is 7.79. The van der Waals surface area contributed by atoms with Crippen LogP contribution in [-0.4, -0.2) is 30.2 Å². The number of halogens is 1. The Morgan fingerprint density at radius 3 is 2.71 bits per heavy atom. The molecule has 1 aromatic heterocycles. The minimum atomic E-state index is -0.0884. The molecule has 1 atom stereocenters. The van der Waals surface area contributed by atoms with Crippen LogP contribution in [-0.2, 0) is 6.54 Å². The minimum Gasteiger partial charge on any atom is -0.488 e. The maximum Gasteiger partial charge on any atom is 0.258 e. The SMILES string of the molecule is C[NH+](CCOc1ccc(Br)cc1)Cc1nc2ccccc2c(=O)[nH]1. The van der Waals surface area contributed by atoms with Crippen LogP contribution in [0.15, 0.2) is 57.8 Å². The third-order valence-corrected chi connectivity index (χ3v) is 4.27. The zero-order valence-corrected chi connectivity index (χ0v) is 15.0. The van der Waals surface area contributed by atoms with E-state index in [1.165, 1.54) is 4.90 Å². The Balaban J connectivity index is 1.57. The average molecular weight is 389 g/mol. The van der Waals surface area contributed by atoms with Gasteiger partial charge in [0.25, 0.3) is 5.56 Å². The second kappa shape index (κ2) is 7.59. The van der Waals surface area contributed by atoms with Gasteiger partial charge in [0, 0.05) is 4.47 Å². The molecular formula is C18H19BrN3O2+. The van der Waals surface area contributed by atoms with Gasteiger partial charge in [-0.1, -0.05) is 28.1 Å². The van der Waals surface area contributed by atoms with Crippen molar-refractivity contribution in [1.82, 2.24) is 9.97 Å². The average Bonchev–Trinajstić information content (AvgIpc) is 2.57. The number of rotatable bonds is 6. The van der Waals surface area contributed by atoms with Crippen LogP contribution >= 0.6 is 15.9 Å². The molecule has 0 spiro atoms. The third kappa shape index (κ3) is 4.21. The highest BCUT2D eigenvalue weighted by Gasteiger charge is 2.09. The number of likely N-dealkylation sites (N-methyl/N-ethyl adjacent to an activating group) is 1. The number of nitrogens with one attached hydrogen (secondary N) is 2. The molecule has 5 nitrogen and oxygen atoms in total. The summed E-state index contributed by atoms with van der Waals surface area (Å²) >= 11 is 3.40. The van der Waals surface area contributed by atoms with Gasteiger partial charge >= 0.3 is 0 Å². The third-order valence-electron chi connectivity index (χ3n) is 3.74. The molecule has 2 aromatic carbocycles. The number of para-hydroxylation sites is 1. The van der Waals surface area contributed by atoms with Gasteiger partial charge in [-0.2, -0.15) is 0 Å². The zero-order valence-electron chi connectivity index (χ0n) is 13.4. The smallest absolute Gasteiger partial charge is 0.258 e. The van der Waals surface area contributed by atoms with Crippen LogP contribution in [0.1, 0.15) is 5.82 Å². The van der Waals surface area contributed by atoms with E-state index in [2.05, 4.69) is 32.9 Å². The molecule has 1 heterocycles. The summed E-state index contributed by atoms with van der Waals surface area (Å²) < 4.78 is 6.76. The number of fused-ring (bicyclic) bond motifs is 1. The fourth-order valence-electron chi connectivity index (χ4n) is 2.47. The van der Waals surface area contributed by atoms with E-state index < -0.39 is 0 Å². The number of ether oxygens (including phenoxy) is 1. The van der Waals surface area contributed by atoms with Gasteiger partial charge in [-0.3, -0.25) is 4.79 Å². The maximum atomic E-state index is 12.1. The number of H-pyrrole nitrogens is 1. The molecule has 0 fully saturated rings. The van der Waals surface area contributed by atoms with E-state index in [-0.39, 0.29) is 5.56 Å². The van der Waals surface area contributed by atoms with Crippen molar-refractivity contribution in [2.75, 3.05) is 20.2 Å². The van der Waals surface area contributed by atoms with E-state index in [1.807, 2.05) is 42.5 Å². The van der Waals surface area contributed by atoms with Crippen LogP contribution in [0, 0.1) is 0 Å². The first-order chi connectivity index (χ1) is 11.6. The Bertz CT molecular complexity index is 877. The van der Waals surface area contributed by atoms with E-state index in [0.717, 1.165) is 22.3 Å². The van der Waals surface area contributed by atoms with Crippen molar-refractivity contribution in [3.63, 3.8) is 0 Å². The van der Waals surface area contributed by atoms with Crippen molar-refractivity contribution in [2.24, 2.45) is 0 Å². The highest BCUT2D eigenvalue weighted by Crippen LogP contribution is 2.15. The number of aromatic nitrogens is 2. The molecular weight excluding hydrogens is 370 g/mol. The second-order valence-corrected chi connectivity index (χ2v) is 6.63. The summed E-state index contributed by atoms with van der Waals surface area (Å²) in [5, 5.41) is 0.623. The van der Waals surface area contributed by atoms with Crippen LogP contribution < -0.4 is 15.2 Å². The lowest BCUT2D eigenvalue weighted by Gasteiger charge is -2.14. The Hall–Kier alpha value is -2.18. The van der Waals surface area contributed by atoms with Gasteiger partial charge in [0.1, 0.15) is 25.4 Å². The summed E-state index contributed by atoms with van der Waals surface area (Å²) in [6.07, 6.45) is 0. The van der Waals surface area contributed by atoms with Crippen molar-refractivity contribution >= 4 is 26.8 Å². The summed E-state index contributed by atoms with van der Waals surface area (Å²) in [6.45, 7) is 2.06. The van der Waals surface area contributed by atoms with Crippen LogP contribution in [0.3, 0.4) is 0 Å². The fraction of sp³-hybridized carbons (Fsp3) is 0.222. The van der Waals surface area contributed by atoms with E-state index in [0.29, 0.717) is 24.4 Å². The van der Waals surface area contributed by atoms with Crippen molar-refractivity contribution in [3.05, 3.63) is 69.2 Å². The van der Waals surface area contributed by atoms with Gasteiger partial charge in [0.2, 0.25) is 0 Å². The summed E-state index contributed by atoms with van der Waals surface area (Å²) in [6, 6.07) is 15.2. The Labute approximate surface area is 148 Å². The molecule has 0 radical (unpaired) electrons. The molecule has 0 aliphatic carbocycles. The molecule has 1 unspecified atom stereocenters. The van der Waals surface area contributed by atoms with Gasteiger partial charge in [0.15, 0.2) is 5.82 Å². The number of quaternary nitrogens is 1. The molecule has 3 rings (SSSR count). The molecule has 0 amide bonds. The molecule has 124 valence electrons. The van der Waals surface area contributed by atoms with Gasteiger partial charge in [-0.25, -0.2) is 4.98 Å². The standard InChI is InChI=1S/C18H18BrN3O2/c1-22(10-11-24-14-8-6-13(19)7-9-14)12-17-20-16-5-3-2-4-15(16)18(23)21-17/h2-9H,10-12H2,1H3,(H,20,21,23)/p+1. The van der Waals surface area contributed by atoms with Gasteiger partial charge in [-0.15, -0.1) is 0 Å². The maximum absolute atomic E-state index is 12.1. The van der Waals surface area contributed by atoms with Crippen molar-refractivity contribution in [1.29, 1.82) is 0 Å². The summed E-state index contributed by atoms with van der Waals surface area (Å²) in [5.41, 5.74) is 0.643. The fourth-order valence-corrected chi connectivity index (χ4v) is 2.73. The Morgan fingerprint density at radius 2 is 1.92 bits per heavy atom. The highest BCUT2D eigenvalue weighted by molar-refractivity contribution is 9.10. The van der Waals surface area contributed by atoms with Crippen molar-refractivity contribution in [3.8, 4) is 5.75 Å². The van der Waals surface area contributed by atoms with Crippen molar-refractivity contribution in [2.45, 2.75) is 6.54 Å². The predicted octanol–water partition coefficient (Wildman–Crippen LogP) is 1.78. The molecule has 0 aliphatic heterocycles. The van der Waals surface area contributed by atoms with Crippen LogP contribution in [0.2, 0.25) is 0 Å². The lowest BCUT2D eigenvalue weighted by atomic mass is 10.2. The summed E-state index contributed by atoms with van der Waals surface area (Å²) in [4.78, 5) is 20.7.